The Morgan fingerprint density at radius 3 is 2.50 bits per heavy atom. The monoisotopic (exact) mass is 438 g/mol. The zero-order valence-electron chi connectivity index (χ0n) is 18.5. The fourth-order valence-electron chi connectivity index (χ4n) is 5.35. The summed E-state index contributed by atoms with van der Waals surface area (Å²) in [6.45, 7) is 6.87. The number of aliphatic hydroxyl groups is 1. The van der Waals surface area contributed by atoms with Crippen molar-refractivity contribution in [3.8, 4) is 5.69 Å². The third-order valence-corrected chi connectivity index (χ3v) is 7.52. The molecule has 3 aliphatic heterocycles. The number of esters is 1. The van der Waals surface area contributed by atoms with Crippen LogP contribution in [-0.2, 0) is 9.53 Å². The van der Waals surface area contributed by atoms with E-state index in [1.165, 1.54) is 0 Å². The van der Waals surface area contributed by atoms with Gasteiger partial charge in [0.2, 0.25) is 0 Å². The average molecular weight is 439 g/mol. The molecule has 9 nitrogen and oxygen atoms in total. The number of rotatable bonds is 5. The van der Waals surface area contributed by atoms with Crippen molar-refractivity contribution in [1.82, 2.24) is 30.0 Å². The molecule has 1 atom stereocenters. The maximum Gasteiger partial charge on any atom is 0.335 e. The summed E-state index contributed by atoms with van der Waals surface area (Å²) < 4.78 is 6.78. The second-order valence-corrected chi connectivity index (χ2v) is 9.26. The lowest BCUT2D eigenvalue weighted by Crippen LogP contribution is -2.47. The highest BCUT2D eigenvalue weighted by atomic mass is 16.5. The van der Waals surface area contributed by atoms with E-state index in [0.717, 1.165) is 74.4 Å². The topological polar surface area (TPSA) is 96.6 Å². The molecule has 0 aliphatic carbocycles. The molecule has 2 saturated heterocycles. The van der Waals surface area contributed by atoms with Crippen molar-refractivity contribution in [3.63, 3.8) is 0 Å². The second-order valence-electron chi connectivity index (χ2n) is 9.26. The van der Waals surface area contributed by atoms with Gasteiger partial charge in [-0.05, 0) is 67.6 Å². The lowest BCUT2D eigenvalue weighted by Gasteiger charge is -2.47. The minimum atomic E-state index is -0.596. The van der Waals surface area contributed by atoms with Crippen molar-refractivity contribution in [2.75, 3.05) is 39.3 Å². The van der Waals surface area contributed by atoms with Gasteiger partial charge in [-0.15, -0.1) is 5.10 Å². The van der Waals surface area contributed by atoms with E-state index in [1.54, 1.807) is 11.0 Å². The van der Waals surface area contributed by atoms with Gasteiger partial charge in [-0.1, -0.05) is 18.2 Å². The molecule has 1 aromatic heterocycles. The van der Waals surface area contributed by atoms with Crippen LogP contribution in [0, 0.1) is 5.41 Å². The molecule has 2 fully saturated rings. The Bertz CT molecular complexity index is 987. The highest BCUT2D eigenvalue weighted by Gasteiger charge is 2.39. The van der Waals surface area contributed by atoms with Gasteiger partial charge in [0, 0.05) is 25.2 Å². The molecular weight excluding hydrogens is 408 g/mol. The summed E-state index contributed by atoms with van der Waals surface area (Å²) in [6.07, 6.45) is 5.55. The minimum absolute atomic E-state index is 0.172. The van der Waals surface area contributed by atoms with Crippen LogP contribution in [0.15, 0.2) is 41.9 Å². The van der Waals surface area contributed by atoms with Gasteiger partial charge in [-0.3, -0.25) is 0 Å². The van der Waals surface area contributed by atoms with Crippen LogP contribution >= 0.6 is 0 Å². The van der Waals surface area contributed by atoms with Crippen molar-refractivity contribution in [2.45, 2.75) is 38.7 Å². The van der Waals surface area contributed by atoms with Crippen molar-refractivity contribution in [3.05, 3.63) is 47.4 Å². The van der Waals surface area contributed by atoms with Gasteiger partial charge < -0.3 is 19.6 Å². The molecule has 4 heterocycles. The van der Waals surface area contributed by atoms with Crippen LogP contribution in [0.2, 0.25) is 0 Å². The van der Waals surface area contributed by atoms with Crippen molar-refractivity contribution >= 4 is 5.97 Å². The summed E-state index contributed by atoms with van der Waals surface area (Å²) in [5.74, 6) is -0.172. The second kappa shape index (κ2) is 8.63. The zero-order chi connectivity index (χ0) is 22.1. The predicted molar refractivity (Wildman–Crippen MR) is 117 cm³/mol. The van der Waals surface area contributed by atoms with E-state index in [9.17, 15) is 9.90 Å². The van der Waals surface area contributed by atoms with Crippen LogP contribution in [-0.4, -0.2) is 80.4 Å². The molecule has 1 N–H and O–H groups in total. The number of benzene rings is 1. The van der Waals surface area contributed by atoms with Crippen LogP contribution in [0.25, 0.3) is 5.69 Å². The number of carbonyl (C=O) groups excluding carboxylic acids is 1. The lowest BCUT2D eigenvalue weighted by atomic mass is 9.71. The fourth-order valence-corrected chi connectivity index (χ4v) is 5.35. The first-order valence-corrected chi connectivity index (χ1v) is 11.4. The Labute approximate surface area is 187 Å². The van der Waals surface area contributed by atoms with Gasteiger partial charge in [0.05, 0.1) is 23.1 Å². The van der Waals surface area contributed by atoms with Crippen molar-refractivity contribution in [2.24, 2.45) is 5.41 Å². The maximum atomic E-state index is 11.7. The normalized spacial score (nSPS) is 22.4. The van der Waals surface area contributed by atoms with Crippen LogP contribution < -0.4 is 0 Å². The zero-order valence-corrected chi connectivity index (χ0v) is 18.5. The molecule has 3 aliphatic rings. The van der Waals surface area contributed by atoms with Gasteiger partial charge in [-0.2, -0.15) is 0 Å². The number of aliphatic hydroxyl groups excluding tert-OH is 1. The lowest BCUT2D eigenvalue weighted by molar-refractivity contribution is -0.136. The average Bonchev–Trinajstić information content (AvgIpc) is 3.47. The van der Waals surface area contributed by atoms with E-state index < -0.39 is 6.10 Å². The molecule has 32 heavy (non-hydrogen) atoms. The highest BCUT2D eigenvalue weighted by Crippen LogP contribution is 2.42. The summed E-state index contributed by atoms with van der Waals surface area (Å²) in [5.41, 5.74) is 3.87. The summed E-state index contributed by atoms with van der Waals surface area (Å²) in [6, 6.07) is 7.73. The van der Waals surface area contributed by atoms with Gasteiger partial charge >= 0.3 is 5.97 Å². The highest BCUT2D eigenvalue weighted by molar-refractivity contribution is 5.90. The number of ether oxygens (including phenoxy) is 1. The molecule has 0 saturated carbocycles. The number of β-amino-alcohol motifs (C(OH)–C–C–N with tert-alkyl or cyclic N) is 1. The Morgan fingerprint density at radius 2 is 1.84 bits per heavy atom. The fraction of sp³-hybridized carbons (Fsp3) is 0.565. The molecule has 0 radical (unpaired) electrons. The van der Waals surface area contributed by atoms with Crippen LogP contribution in [0.3, 0.4) is 0 Å². The Balaban J connectivity index is 1.17. The van der Waals surface area contributed by atoms with E-state index >= 15 is 0 Å². The van der Waals surface area contributed by atoms with Gasteiger partial charge in [-0.25, -0.2) is 9.48 Å². The van der Waals surface area contributed by atoms with Crippen molar-refractivity contribution in [1.29, 1.82) is 0 Å². The number of likely N-dealkylation sites (tertiary alicyclic amines) is 2. The van der Waals surface area contributed by atoms with E-state index in [4.69, 9.17) is 4.74 Å². The van der Waals surface area contributed by atoms with Crippen LogP contribution in [0.1, 0.15) is 44.3 Å². The Morgan fingerprint density at radius 1 is 1.12 bits per heavy atom. The standard InChI is InChI=1S/C23H30N6O3/c1-17-20(15-32-22(17)31)28-12-8-23(9-13-28)6-10-27(11-7-23)14-21(30)18-4-2-3-5-19(18)29-16-24-25-26-29/h2-5,16,21,30H,6-15H2,1H3. The van der Waals surface area contributed by atoms with E-state index in [2.05, 4.69) is 25.3 Å². The number of aromatic nitrogens is 4. The molecule has 170 valence electrons. The Kier molecular flexibility index (Phi) is 5.69. The maximum absolute atomic E-state index is 11.7. The number of hydrogen-bond donors (Lipinski definition) is 1. The van der Waals surface area contributed by atoms with Gasteiger partial charge in [0.1, 0.15) is 12.9 Å². The smallest absolute Gasteiger partial charge is 0.335 e. The molecule has 1 aromatic carbocycles. The Hall–Kier alpha value is -2.78. The summed E-state index contributed by atoms with van der Waals surface area (Å²) in [5, 5.41) is 22.4. The number of cyclic esters (lactones) is 1. The molecular formula is C23H30N6O3. The first-order valence-electron chi connectivity index (χ1n) is 11.4. The van der Waals surface area contributed by atoms with E-state index in [-0.39, 0.29) is 5.97 Å². The quantitative estimate of drug-likeness (QED) is 0.705. The number of carbonyl (C=O) groups is 1. The molecule has 1 unspecified atom stereocenters. The molecule has 0 bridgehead atoms. The molecule has 1 spiro atoms. The van der Waals surface area contributed by atoms with Crippen LogP contribution in [0.5, 0.6) is 0 Å². The first kappa shape index (κ1) is 21.1. The SMILES string of the molecule is CC1=C(N2CCC3(CCN(CC(O)c4ccccc4-n4cnnn4)CC3)CC2)COC1=O. The third kappa shape index (κ3) is 4.02. The van der Waals surface area contributed by atoms with E-state index in [0.29, 0.717) is 18.6 Å². The van der Waals surface area contributed by atoms with Crippen LogP contribution in [0.4, 0.5) is 0 Å². The minimum Gasteiger partial charge on any atom is -0.456 e. The largest absolute Gasteiger partial charge is 0.456 e. The summed E-state index contributed by atoms with van der Waals surface area (Å²) >= 11 is 0. The van der Waals surface area contributed by atoms with Crippen molar-refractivity contribution < 1.29 is 14.6 Å². The first-order chi connectivity index (χ1) is 15.5. The number of nitrogens with zero attached hydrogens (tertiary/aromatic N) is 6. The summed E-state index contributed by atoms with van der Waals surface area (Å²) in [7, 11) is 0. The molecule has 0 amide bonds. The molecule has 2 aromatic rings. The number of para-hydroxylation sites is 1. The number of piperidine rings is 2. The molecule has 5 rings (SSSR count). The summed E-state index contributed by atoms with van der Waals surface area (Å²) in [4.78, 5) is 16.4. The number of tetrazole rings is 1. The van der Waals surface area contributed by atoms with E-state index in [1.807, 2.05) is 31.2 Å². The predicted octanol–water partition coefficient (Wildman–Crippen LogP) is 1.70. The van der Waals surface area contributed by atoms with Gasteiger partial charge in [0.25, 0.3) is 0 Å². The molecule has 9 heteroatoms. The number of hydrogen-bond acceptors (Lipinski definition) is 8. The van der Waals surface area contributed by atoms with Gasteiger partial charge in [0.15, 0.2) is 0 Å². The third-order valence-electron chi connectivity index (χ3n) is 7.52.